The summed E-state index contributed by atoms with van der Waals surface area (Å²) in [5.74, 6) is -0.414. The van der Waals surface area contributed by atoms with E-state index in [0.717, 1.165) is 0 Å². The molecule has 2 aromatic carbocycles. The van der Waals surface area contributed by atoms with Crippen molar-refractivity contribution in [2.75, 3.05) is 14.1 Å². The van der Waals surface area contributed by atoms with E-state index in [2.05, 4.69) is 0 Å². The average Bonchev–Trinajstić information content (AvgIpc) is 2.77. The van der Waals surface area contributed by atoms with Gasteiger partial charge in [0.05, 0.1) is 0 Å². The van der Waals surface area contributed by atoms with Gasteiger partial charge in [-0.2, -0.15) is 13.2 Å². The summed E-state index contributed by atoms with van der Waals surface area (Å²) in [6.45, 7) is 0. The Morgan fingerprint density at radius 1 is 1.04 bits per heavy atom. The van der Waals surface area contributed by atoms with Gasteiger partial charge in [0.1, 0.15) is 0 Å². The second kappa shape index (κ2) is 4.83. The summed E-state index contributed by atoms with van der Waals surface area (Å²) < 4.78 is 40.9. The highest BCUT2D eigenvalue weighted by molar-refractivity contribution is 6.03. The molecule has 3 nitrogen and oxygen atoms in total. The minimum atomic E-state index is -4.89. The fraction of sp³-hybridized carbons (Fsp3) is 0.235. The minimum absolute atomic E-state index is 0.139. The molecule has 0 saturated carbocycles. The zero-order valence-corrected chi connectivity index (χ0v) is 12.5. The molecule has 6 heteroatoms. The van der Waals surface area contributed by atoms with Crippen LogP contribution in [0.3, 0.4) is 0 Å². The lowest BCUT2D eigenvalue weighted by Crippen LogP contribution is -2.41. The third-order valence-electron chi connectivity index (χ3n) is 4.09. The molecule has 1 atom stereocenters. The van der Waals surface area contributed by atoms with Gasteiger partial charge in [-0.25, -0.2) is 0 Å². The number of fused-ring (bicyclic) bond motifs is 3. The average molecular weight is 321 g/mol. The fourth-order valence-electron chi connectivity index (χ4n) is 3.03. The maximum absolute atomic E-state index is 13.6. The van der Waals surface area contributed by atoms with Crippen LogP contribution < -0.4 is 0 Å². The van der Waals surface area contributed by atoms with E-state index in [1.807, 2.05) is 0 Å². The second-order valence-corrected chi connectivity index (χ2v) is 5.68. The summed E-state index contributed by atoms with van der Waals surface area (Å²) >= 11 is 0. The summed E-state index contributed by atoms with van der Waals surface area (Å²) in [6.07, 6.45) is -4.89. The smallest absolute Gasteiger partial charge is 0.372 e. The molecular weight excluding hydrogens is 307 g/mol. The SMILES string of the molecule is CN(C)C(=O)c1cccc2c1-c1ccccc1[C@]2(O)C(F)(F)F. The van der Waals surface area contributed by atoms with Crippen LogP contribution in [-0.4, -0.2) is 36.2 Å². The highest BCUT2D eigenvalue weighted by atomic mass is 19.4. The highest BCUT2D eigenvalue weighted by Gasteiger charge is 2.61. The number of hydrogen-bond donors (Lipinski definition) is 1. The molecule has 0 bridgehead atoms. The number of halogens is 3. The van der Waals surface area contributed by atoms with Crippen LogP contribution in [0, 0.1) is 0 Å². The molecule has 1 aliphatic rings. The molecule has 0 aromatic heterocycles. The van der Waals surface area contributed by atoms with E-state index < -0.39 is 17.7 Å². The first-order chi connectivity index (χ1) is 10.7. The summed E-state index contributed by atoms with van der Waals surface area (Å²) in [5.41, 5.74) is -3.16. The summed E-state index contributed by atoms with van der Waals surface area (Å²) in [5, 5.41) is 10.5. The molecule has 0 radical (unpaired) electrons. The van der Waals surface area contributed by atoms with Crippen LogP contribution in [0.25, 0.3) is 11.1 Å². The van der Waals surface area contributed by atoms with Crippen LogP contribution in [0.2, 0.25) is 0 Å². The number of aliphatic hydroxyl groups is 1. The zero-order valence-electron chi connectivity index (χ0n) is 12.5. The normalized spacial score (nSPS) is 19.2. The van der Waals surface area contributed by atoms with Gasteiger partial charge in [-0.1, -0.05) is 36.4 Å². The van der Waals surface area contributed by atoms with Crippen LogP contribution >= 0.6 is 0 Å². The molecule has 1 aliphatic carbocycles. The molecule has 0 aliphatic heterocycles. The van der Waals surface area contributed by atoms with Gasteiger partial charge in [0, 0.05) is 36.3 Å². The van der Waals surface area contributed by atoms with Crippen molar-refractivity contribution in [2.24, 2.45) is 0 Å². The van der Waals surface area contributed by atoms with E-state index >= 15 is 0 Å². The van der Waals surface area contributed by atoms with Gasteiger partial charge >= 0.3 is 6.18 Å². The minimum Gasteiger partial charge on any atom is -0.372 e. The van der Waals surface area contributed by atoms with Crippen molar-refractivity contribution in [3.63, 3.8) is 0 Å². The molecule has 0 spiro atoms. The number of rotatable bonds is 1. The van der Waals surface area contributed by atoms with Crippen LogP contribution in [0.1, 0.15) is 21.5 Å². The van der Waals surface area contributed by atoms with Crippen molar-refractivity contribution >= 4 is 5.91 Å². The van der Waals surface area contributed by atoms with Crippen LogP contribution in [-0.2, 0) is 5.60 Å². The van der Waals surface area contributed by atoms with Gasteiger partial charge in [-0.05, 0) is 11.6 Å². The van der Waals surface area contributed by atoms with E-state index in [1.165, 1.54) is 55.4 Å². The first kappa shape index (κ1) is 15.6. The number of amides is 1. The first-order valence-corrected chi connectivity index (χ1v) is 6.93. The van der Waals surface area contributed by atoms with E-state index in [4.69, 9.17) is 0 Å². The number of carbonyl (C=O) groups is 1. The van der Waals surface area contributed by atoms with Crippen molar-refractivity contribution in [3.8, 4) is 11.1 Å². The summed E-state index contributed by atoms with van der Waals surface area (Å²) in [6, 6.07) is 9.81. The molecular formula is C17H14F3NO2. The van der Waals surface area contributed by atoms with E-state index in [0.29, 0.717) is 0 Å². The monoisotopic (exact) mass is 321 g/mol. The Labute approximate surface area is 131 Å². The molecule has 1 N–H and O–H groups in total. The summed E-state index contributed by atoms with van der Waals surface area (Å²) in [7, 11) is 3.05. The largest absolute Gasteiger partial charge is 0.425 e. The first-order valence-electron chi connectivity index (χ1n) is 6.93. The van der Waals surface area contributed by atoms with Gasteiger partial charge in [0.2, 0.25) is 5.60 Å². The predicted molar refractivity (Wildman–Crippen MR) is 78.9 cm³/mol. The topological polar surface area (TPSA) is 40.5 Å². The quantitative estimate of drug-likeness (QED) is 0.876. The molecule has 23 heavy (non-hydrogen) atoms. The van der Waals surface area contributed by atoms with Crippen molar-refractivity contribution < 1.29 is 23.1 Å². The third kappa shape index (κ3) is 1.98. The molecule has 1 amide bonds. The number of nitrogens with zero attached hydrogens (tertiary/aromatic N) is 1. The molecule has 0 fully saturated rings. The van der Waals surface area contributed by atoms with Crippen LogP contribution in [0.4, 0.5) is 13.2 Å². The third-order valence-corrected chi connectivity index (χ3v) is 4.09. The molecule has 3 rings (SSSR count). The fourth-order valence-corrected chi connectivity index (χ4v) is 3.03. The van der Waals surface area contributed by atoms with E-state index in [1.54, 1.807) is 6.07 Å². The van der Waals surface area contributed by atoms with Gasteiger partial charge in [-0.15, -0.1) is 0 Å². The van der Waals surface area contributed by atoms with Gasteiger partial charge in [0.15, 0.2) is 0 Å². The standard InChI is InChI=1S/C17H14F3NO2/c1-21(2)15(22)11-7-5-9-13-14(11)10-6-3-4-8-12(10)16(13,23)17(18,19)20/h3-9,23H,1-2H3/t16-/m1/s1. The van der Waals surface area contributed by atoms with Crippen molar-refractivity contribution in [1.82, 2.24) is 4.90 Å². The molecule has 0 heterocycles. The maximum Gasteiger partial charge on any atom is 0.425 e. The lowest BCUT2D eigenvalue weighted by atomic mass is 9.90. The Balaban J connectivity index is 2.40. The van der Waals surface area contributed by atoms with Crippen LogP contribution in [0.5, 0.6) is 0 Å². The Kier molecular flexibility index (Phi) is 3.26. The van der Waals surface area contributed by atoms with Crippen molar-refractivity contribution in [3.05, 3.63) is 59.2 Å². The van der Waals surface area contributed by atoms with Gasteiger partial charge in [0.25, 0.3) is 5.91 Å². The Bertz CT molecular complexity index is 799. The molecule has 2 aromatic rings. The second-order valence-electron chi connectivity index (χ2n) is 5.68. The number of hydrogen-bond acceptors (Lipinski definition) is 2. The maximum atomic E-state index is 13.6. The lowest BCUT2D eigenvalue weighted by molar-refractivity contribution is -0.246. The highest BCUT2D eigenvalue weighted by Crippen LogP contribution is 2.55. The van der Waals surface area contributed by atoms with E-state index in [-0.39, 0.29) is 27.8 Å². The van der Waals surface area contributed by atoms with Crippen molar-refractivity contribution in [1.29, 1.82) is 0 Å². The molecule has 0 unspecified atom stereocenters. The number of alkyl halides is 3. The van der Waals surface area contributed by atoms with Crippen molar-refractivity contribution in [2.45, 2.75) is 11.8 Å². The predicted octanol–water partition coefficient (Wildman–Crippen LogP) is 3.17. The molecule has 0 saturated heterocycles. The zero-order chi connectivity index (χ0) is 17.0. The Hall–Kier alpha value is -2.34. The van der Waals surface area contributed by atoms with Crippen LogP contribution in [0.15, 0.2) is 42.5 Å². The van der Waals surface area contributed by atoms with Gasteiger partial charge < -0.3 is 10.0 Å². The number of carbonyl (C=O) groups excluding carboxylic acids is 1. The summed E-state index contributed by atoms with van der Waals surface area (Å²) in [4.78, 5) is 13.6. The lowest BCUT2D eigenvalue weighted by Gasteiger charge is -2.28. The molecule has 120 valence electrons. The Morgan fingerprint density at radius 3 is 2.26 bits per heavy atom. The van der Waals surface area contributed by atoms with E-state index in [9.17, 15) is 23.1 Å². The van der Waals surface area contributed by atoms with Gasteiger partial charge in [-0.3, -0.25) is 4.79 Å². The Morgan fingerprint density at radius 2 is 1.65 bits per heavy atom. The number of benzene rings is 2.